The van der Waals surface area contributed by atoms with Crippen molar-refractivity contribution in [3.63, 3.8) is 0 Å². The Hall–Kier alpha value is -2.54. The van der Waals surface area contributed by atoms with E-state index in [2.05, 4.69) is 10.3 Å². The van der Waals surface area contributed by atoms with Crippen LogP contribution in [0.5, 0.6) is 0 Å². The fourth-order valence-electron chi connectivity index (χ4n) is 1.56. The van der Waals surface area contributed by atoms with E-state index in [-0.39, 0.29) is 0 Å². The average molecular weight is 408 g/mol. The van der Waals surface area contributed by atoms with Crippen LogP contribution in [-0.2, 0) is 0 Å². The lowest BCUT2D eigenvalue weighted by molar-refractivity contribution is -0.480. The number of nitrogens with zero attached hydrogens (tertiary/aromatic N) is 5. The van der Waals surface area contributed by atoms with Gasteiger partial charge >= 0.3 is 20.5 Å². The highest BCUT2D eigenvalue weighted by atomic mass is 19.5. The van der Waals surface area contributed by atoms with Crippen LogP contribution in [0.4, 0.5) is 34.5 Å². The van der Waals surface area contributed by atoms with Gasteiger partial charge in [0.2, 0.25) is 0 Å². The highest BCUT2D eigenvalue weighted by molar-refractivity contribution is 6.50. The van der Waals surface area contributed by atoms with Crippen LogP contribution < -0.4 is 4.84 Å². The summed E-state index contributed by atoms with van der Waals surface area (Å²) in [7, 11) is -4.36. The van der Waals surface area contributed by atoms with Crippen molar-refractivity contribution in [1.29, 1.82) is 0 Å². The van der Waals surface area contributed by atoms with Crippen LogP contribution in [0, 0.1) is 0 Å². The molecule has 1 aromatic heterocycles. The molecule has 1 heterocycles. The standard InChI is InChI=1S/C11H16N5O.2BF4/c1-14(2)11(15(3)4)17-16-10-8-6-5-7-9(10)12-13-16;2*2-1(3,4)5/h5-8H,1-4H3;;/q+1;2*-1. The molecule has 2 rings (SSSR count). The largest absolute Gasteiger partial charge is 0.673 e. The summed E-state index contributed by atoms with van der Waals surface area (Å²) in [6.07, 6.45) is 0. The molecule has 16 heteroatoms. The van der Waals surface area contributed by atoms with Gasteiger partial charge < -0.3 is 34.5 Å². The second-order valence-corrected chi connectivity index (χ2v) is 5.10. The molecule has 27 heavy (non-hydrogen) atoms. The van der Waals surface area contributed by atoms with Crippen molar-refractivity contribution in [2.24, 2.45) is 0 Å². The van der Waals surface area contributed by atoms with Crippen molar-refractivity contribution < 1.29 is 43.9 Å². The van der Waals surface area contributed by atoms with E-state index in [1.54, 1.807) is 0 Å². The molecule has 0 atom stereocenters. The number of hydrogen-bond acceptors (Lipinski definition) is 3. The van der Waals surface area contributed by atoms with Crippen LogP contribution in [0.25, 0.3) is 11.0 Å². The third kappa shape index (κ3) is 12.4. The third-order valence-electron chi connectivity index (χ3n) is 2.25. The quantitative estimate of drug-likeness (QED) is 0.240. The number of para-hydroxylation sites is 1. The lowest BCUT2D eigenvalue weighted by Crippen LogP contribution is -2.39. The topological polar surface area (TPSA) is 46.2 Å². The van der Waals surface area contributed by atoms with Crippen LogP contribution in [-0.4, -0.2) is 73.4 Å². The van der Waals surface area contributed by atoms with E-state index in [0.29, 0.717) is 6.02 Å². The number of amidine groups is 1. The van der Waals surface area contributed by atoms with Gasteiger partial charge in [0, 0.05) is 0 Å². The minimum atomic E-state index is -6.00. The molecule has 0 fully saturated rings. The maximum absolute atomic E-state index is 9.75. The molecule has 0 unspecified atom stereocenters. The van der Waals surface area contributed by atoms with E-state index in [0.717, 1.165) is 11.0 Å². The molecule has 0 saturated carbocycles. The number of hydrogen-bond donors (Lipinski definition) is 0. The van der Waals surface area contributed by atoms with Crippen LogP contribution in [0.1, 0.15) is 0 Å². The van der Waals surface area contributed by atoms with Crippen LogP contribution in [0.15, 0.2) is 24.3 Å². The molecule has 0 aliphatic rings. The fourth-order valence-corrected chi connectivity index (χ4v) is 1.56. The van der Waals surface area contributed by atoms with E-state index in [9.17, 15) is 34.5 Å². The third-order valence-corrected chi connectivity index (χ3v) is 2.25. The SMILES string of the molecule is CN(C)C(On1nnc2ccccc21)=[N+](C)C.F[B-](F)(F)F.F[B-](F)(F)F. The lowest BCUT2D eigenvalue weighted by atomic mass is 10.3. The Morgan fingerprint density at radius 3 is 1.81 bits per heavy atom. The van der Waals surface area contributed by atoms with Crippen LogP contribution >= 0.6 is 0 Å². The molecule has 2 aromatic rings. The van der Waals surface area contributed by atoms with Crippen molar-refractivity contribution in [1.82, 2.24) is 20.1 Å². The molecule has 1 aromatic carbocycles. The average Bonchev–Trinajstić information content (AvgIpc) is 2.83. The maximum atomic E-state index is 9.75. The van der Waals surface area contributed by atoms with Crippen LogP contribution in [0.3, 0.4) is 0 Å². The molecule has 0 aliphatic carbocycles. The molecule has 0 N–H and O–H groups in total. The van der Waals surface area contributed by atoms with E-state index in [1.165, 1.54) is 4.85 Å². The smallest absolute Gasteiger partial charge is 0.418 e. The summed E-state index contributed by atoms with van der Waals surface area (Å²) in [4.78, 5) is 8.99. The summed E-state index contributed by atoms with van der Waals surface area (Å²) in [6, 6.07) is 8.34. The summed E-state index contributed by atoms with van der Waals surface area (Å²) in [6.45, 7) is 0. The van der Waals surface area contributed by atoms with Gasteiger partial charge in [0.25, 0.3) is 0 Å². The predicted molar refractivity (Wildman–Crippen MR) is 85.3 cm³/mol. The molecule has 0 radical (unpaired) electrons. The van der Waals surface area contributed by atoms with Gasteiger partial charge in [0.1, 0.15) is 11.0 Å². The van der Waals surface area contributed by atoms with Crippen LogP contribution in [0.2, 0.25) is 0 Å². The molecule has 154 valence electrons. The van der Waals surface area contributed by atoms with Crippen molar-refractivity contribution in [3.8, 4) is 0 Å². The zero-order valence-corrected chi connectivity index (χ0v) is 14.6. The Bertz CT molecular complexity index is 718. The lowest BCUT2D eigenvalue weighted by Gasteiger charge is -2.10. The van der Waals surface area contributed by atoms with Crippen molar-refractivity contribution in [2.75, 3.05) is 28.2 Å². The minimum Gasteiger partial charge on any atom is -0.418 e. The summed E-state index contributed by atoms with van der Waals surface area (Å²) in [5.41, 5.74) is 1.65. The second kappa shape index (κ2) is 9.97. The Morgan fingerprint density at radius 1 is 0.963 bits per heavy atom. The van der Waals surface area contributed by atoms with Gasteiger partial charge in [0.05, 0.1) is 28.2 Å². The van der Waals surface area contributed by atoms with Crippen molar-refractivity contribution in [2.45, 2.75) is 0 Å². The Labute approximate surface area is 149 Å². The molecule has 0 spiro atoms. The van der Waals surface area contributed by atoms with Gasteiger partial charge in [-0.15, -0.1) is 5.10 Å². The Kier molecular flexibility index (Phi) is 9.03. The molecule has 0 aliphatic heterocycles. The first-order valence-electron chi connectivity index (χ1n) is 7.04. The summed E-state index contributed by atoms with van der Waals surface area (Å²) in [5, 5.41) is 8.00. The van der Waals surface area contributed by atoms with Gasteiger partial charge in [-0.05, 0) is 17.3 Å². The van der Waals surface area contributed by atoms with E-state index in [1.807, 2.05) is 61.9 Å². The Balaban J connectivity index is 0.000000563. The second-order valence-electron chi connectivity index (χ2n) is 5.10. The number of halogens is 8. The van der Waals surface area contributed by atoms with Gasteiger partial charge in [-0.2, -0.15) is 0 Å². The van der Waals surface area contributed by atoms with E-state index in [4.69, 9.17) is 4.84 Å². The van der Waals surface area contributed by atoms with Gasteiger partial charge in [0.15, 0.2) is 0 Å². The van der Waals surface area contributed by atoms with Gasteiger partial charge in [-0.1, -0.05) is 17.0 Å². The summed E-state index contributed by atoms with van der Waals surface area (Å²) < 4.78 is 79.9. The molecular formula is C11H16B2F8N5O-. The summed E-state index contributed by atoms with van der Waals surface area (Å²) in [5.74, 6) is 0. The van der Waals surface area contributed by atoms with Gasteiger partial charge in [-0.25, -0.2) is 9.48 Å². The zero-order valence-electron chi connectivity index (χ0n) is 14.6. The predicted octanol–water partition coefficient (Wildman–Crippen LogP) is 2.65. The first-order valence-corrected chi connectivity index (χ1v) is 7.04. The normalized spacial score (nSPS) is 11.0. The molecular weight excluding hydrogens is 392 g/mol. The zero-order chi connectivity index (χ0) is 21.4. The van der Waals surface area contributed by atoms with Crippen molar-refractivity contribution >= 4 is 31.6 Å². The van der Waals surface area contributed by atoms with E-state index < -0.39 is 14.5 Å². The minimum absolute atomic E-state index is 0.681. The molecule has 6 nitrogen and oxygen atoms in total. The van der Waals surface area contributed by atoms with E-state index >= 15 is 0 Å². The first kappa shape index (κ1) is 24.5. The maximum Gasteiger partial charge on any atom is 0.673 e. The molecule has 0 bridgehead atoms. The number of fused-ring (bicyclic) bond motifs is 1. The number of rotatable bonds is 1. The summed E-state index contributed by atoms with van der Waals surface area (Å²) >= 11 is 0. The first-order chi connectivity index (χ1) is 12.1. The fraction of sp³-hybridized carbons (Fsp3) is 0.364. The van der Waals surface area contributed by atoms with Gasteiger partial charge in [-0.3, -0.25) is 4.84 Å². The number of aromatic nitrogens is 3. The monoisotopic (exact) mass is 408 g/mol. The highest BCUT2D eigenvalue weighted by Gasteiger charge is 2.21. The highest BCUT2D eigenvalue weighted by Crippen LogP contribution is 2.08. The number of benzene rings is 1. The Morgan fingerprint density at radius 2 is 1.41 bits per heavy atom. The van der Waals surface area contributed by atoms with Crippen molar-refractivity contribution in [3.05, 3.63) is 24.3 Å². The molecule has 0 amide bonds. The molecule has 0 saturated heterocycles.